The van der Waals surface area contributed by atoms with Crippen LogP contribution in [0.25, 0.3) is 0 Å². The molecule has 7 heteroatoms. The molecular formula is C12H13ClN2O4. The maximum Gasteiger partial charge on any atom is 0.329 e. The first-order valence-electron chi connectivity index (χ1n) is 5.79. The smallest absolute Gasteiger partial charge is 0.329 e. The topological polar surface area (TPSA) is 88.5 Å². The molecule has 0 bridgehead atoms. The largest absolute Gasteiger partial charge is 0.480 e. The Morgan fingerprint density at radius 2 is 2.11 bits per heavy atom. The summed E-state index contributed by atoms with van der Waals surface area (Å²) in [4.78, 5) is 27.2. The van der Waals surface area contributed by atoms with Gasteiger partial charge < -0.3 is 15.2 Å². The standard InChI is InChI=1S/C12H13ClN2O4/c13-9-7-8(1-4-14-9)10(16)15-12(11(17)18)2-5-19-6-3-12/h1,4,7H,2-3,5-6H2,(H,15,16)(H,17,18). The molecule has 2 N–H and O–H groups in total. The fourth-order valence-electron chi connectivity index (χ4n) is 1.95. The number of halogens is 1. The first-order chi connectivity index (χ1) is 9.03. The fourth-order valence-corrected chi connectivity index (χ4v) is 2.12. The van der Waals surface area contributed by atoms with E-state index in [4.69, 9.17) is 16.3 Å². The maximum atomic E-state index is 12.1. The van der Waals surface area contributed by atoms with Gasteiger partial charge in [0.15, 0.2) is 0 Å². The highest BCUT2D eigenvalue weighted by Gasteiger charge is 2.41. The number of nitrogens with zero attached hydrogens (tertiary/aromatic N) is 1. The van der Waals surface area contributed by atoms with Crippen molar-refractivity contribution >= 4 is 23.5 Å². The second kappa shape index (κ2) is 5.54. The van der Waals surface area contributed by atoms with E-state index in [-0.39, 0.29) is 23.6 Å². The lowest BCUT2D eigenvalue weighted by molar-refractivity contribution is -0.148. The zero-order chi connectivity index (χ0) is 13.9. The second-order valence-corrected chi connectivity index (χ2v) is 4.71. The number of aliphatic carboxylic acids is 1. The first-order valence-corrected chi connectivity index (χ1v) is 6.16. The molecule has 1 amide bonds. The van der Waals surface area contributed by atoms with Crippen LogP contribution >= 0.6 is 11.6 Å². The molecule has 1 fully saturated rings. The van der Waals surface area contributed by atoms with Crippen LogP contribution in [0.1, 0.15) is 23.2 Å². The lowest BCUT2D eigenvalue weighted by Gasteiger charge is -2.33. The van der Waals surface area contributed by atoms with Crippen molar-refractivity contribution in [2.75, 3.05) is 13.2 Å². The fraction of sp³-hybridized carbons (Fsp3) is 0.417. The summed E-state index contributed by atoms with van der Waals surface area (Å²) in [5.74, 6) is -1.53. The van der Waals surface area contributed by atoms with Gasteiger partial charge in [0.1, 0.15) is 10.7 Å². The summed E-state index contributed by atoms with van der Waals surface area (Å²) in [6.45, 7) is 0.618. The van der Waals surface area contributed by atoms with Crippen LogP contribution in [-0.2, 0) is 9.53 Å². The third-order valence-electron chi connectivity index (χ3n) is 3.10. The van der Waals surface area contributed by atoms with Gasteiger partial charge in [-0.2, -0.15) is 0 Å². The van der Waals surface area contributed by atoms with E-state index in [1.54, 1.807) is 0 Å². The highest BCUT2D eigenvalue weighted by Crippen LogP contribution is 2.22. The maximum absolute atomic E-state index is 12.1. The Labute approximate surface area is 114 Å². The molecule has 1 aromatic heterocycles. The summed E-state index contributed by atoms with van der Waals surface area (Å²) >= 11 is 5.70. The van der Waals surface area contributed by atoms with Gasteiger partial charge in [0, 0.05) is 37.8 Å². The van der Waals surface area contributed by atoms with E-state index in [0.717, 1.165) is 0 Å². The minimum absolute atomic E-state index is 0.184. The first kappa shape index (κ1) is 13.8. The van der Waals surface area contributed by atoms with E-state index in [9.17, 15) is 14.7 Å². The van der Waals surface area contributed by atoms with Gasteiger partial charge in [-0.3, -0.25) is 4.79 Å². The van der Waals surface area contributed by atoms with E-state index in [1.165, 1.54) is 18.3 Å². The number of ether oxygens (including phenoxy) is 1. The van der Waals surface area contributed by atoms with Crippen molar-refractivity contribution in [3.63, 3.8) is 0 Å². The van der Waals surface area contributed by atoms with Crippen molar-refractivity contribution < 1.29 is 19.4 Å². The molecule has 1 aliphatic rings. The number of carboxylic acid groups (broad SMARTS) is 1. The third-order valence-corrected chi connectivity index (χ3v) is 3.30. The number of carboxylic acids is 1. The average Bonchev–Trinajstić information content (AvgIpc) is 2.39. The van der Waals surface area contributed by atoms with E-state index >= 15 is 0 Å². The van der Waals surface area contributed by atoms with Crippen LogP contribution in [0.3, 0.4) is 0 Å². The molecule has 1 saturated heterocycles. The second-order valence-electron chi connectivity index (χ2n) is 4.32. The van der Waals surface area contributed by atoms with Crippen molar-refractivity contribution in [1.29, 1.82) is 0 Å². The average molecular weight is 285 g/mol. The van der Waals surface area contributed by atoms with Crippen molar-refractivity contribution in [3.8, 4) is 0 Å². The van der Waals surface area contributed by atoms with Gasteiger partial charge in [-0.25, -0.2) is 9.78 Å². The molecule has 102 valence electrons. The molecule has 1 aromatic rings. The van der Waals surface area contributed by atoms with Crippen LogP contribution < -0.4 is 5.32 Å². The minimum Gasteiger partial charge on any atom is -0.480 e. The van der Waals surface area contributed by atoms with Gasteiger partial charge in [0.2, 0.25) is 0 Å². The number of hydrogen-bond donors (Lipinski definition) is 2. The molecule has 0 unspecified atom stereocenters. The monoisotopic (exact) mass is 284 g/mol. The molecule has 2 rings (SSSR count). The predicted molar refractivity (Wildman–Crippen MR) is 67.1 cm³/mol. The van der Waals surface area contributed by atoms with Crippen LogP contribution in [0.4, 0.5) is 0 Å². The SMILES string of the molecule is O=C(NC1(C(=O)O)CCOCC1)c1ccnc(Cl)c1. The normalized spacial score (nSPS) is 17.7. The number of aromatic nitrogens is 1. The Morgan fingerprint density at radius 3 is 2.68 bits per heavy atom. The number of carbonyl (C=O) groups is 2. The van der Waals surface area contributed by atoms with Crippen molar-refractivity contribution in [1.82, 2.24) is 10.3 Å². The summed E-state index contributed by atoms with van der Waals surface area (Å²) in [6, 6.07) is 2.88. The highest BCUT2D eigenvalue weighted by atomic mass is 35.5. The van der Waals surface area contributed by atoms with E-state index in [1.807, 2.05) is 0 Å². The van der Waals surface area contributed by atoms with Crippen LogP contribution in [0.15, 0.2) is 18.3 Å². The van der Waals surface area contributed by atoms with Crippen LogP contribution in [0.5, 0.6) is 0 Å². The Kier molecular flexibility index (Phi) is 4.01. The van der Waals surface area contributed by atoms with Crippen LogP contribution in [-0.4, -0.2) is 40.7 Å². The van der Waals surface area contributed by atoms with Crippen LogP contribution in [0.2, 0.25) is 5.15 Å². The Balaban J connectivity index is 2.18. The minimum atomic E-state index is -1.27. The Hall–Kier alpha value is -1.66. The van der Waals surface area contributed by atoms with Crippen LogP contribution in [0, 0.1) is 0 Å². The van der Waals surface area contributed by atoms with Gasteiger partial charge in [-0.1, -0.05) is 11.6 Å². The summed E-state index contributed by atoms with van der Waals surface area (Å²) in [7, 11) is 0. The van der Waals surface area contributed by atoms with Crippen molar-refractivity contribution in [3.05, 3.63) is 29.0 Å². The molecule has 1 aliphatic heterocycles. The molecular weight excluding hydrogens is 272 g/mol. The highest BCUT2D eigenvalue weighted by molar-refractivity contribution is 6.29. The molecule has 0 radical (unpaired) electrons. The van der Waals surface area contributed by atoms with Crippen molar-refractivity contribution in [2.24, 2.45) is 0 Å². The van der Waals surface area contributed by atoms with Gasteiger partial charge in [-0.15, -0.1) is 0 Å². The Morgan fingerprint density at radius 1 is 1.42 bits per heavy atom. The zero-order valence-electron chi connectivity index (χ0n) is 10.1. The molecule has 6 nitrogen and oxygen atoms in total. The third kappa shape index (κ3) is 3.02. The summed E-state index contributed by atoms with van der Waals surface area (Å²) in [6.07, 6.45) is 1.88. The molecule has 2 heterocycles. The van der Waals surface area contributed by atoms with Gasteiger partial charge in [-0.05, 0) is 12.1 Å². The number of hydrogen-bond acceptors (Lipinski definition) is 4. The molecule has 0 saturated carbocycles. The summed E-state index contributed by atoms with van der Waals surface area (Å²) < 4.78 is 5.14. The number of amides is 1. The van der Waals surface area contributed by atoms with E-state index in [0.29, 0.717) is 13.2 Å². The molecule has 0 spiro atoms. The molecule has 0 aromatic carbocycles. The van der Waals surface area contributed by atoms with E-state index in [2.05, 4.69) is 10.3 Å². The number of nitrogens with one attached hydrogen (secondary N) is 1. The predicted octanol–water partition coefficient (Wildman–Crippen LogP) is 1.10. The zero-order valence-corrected chi connectivity index (χ0v) is 10.8. The number of carbonyl (C=O) groups excluding carboxylic acids is 1. The van der Waals surface area contributed by atoms with E-state index < -0.39 is 17.4 Å². The van der Waals surface area contributed by atoms with Gasteiger partial charge >= 0.3 is 5.97 Å². The lowest BCUT2D eigenvalue weighted by atomic mass is 9.90. The van der Waals surface area contributed by atoms with Gasteiger partial charge in [0.25, 0.3) is 5.91 Å². The molecule has 0 atom stereocenters. The lowest BCUT2D eigenvalue weighted by Crippen LogP contribution is -2.57. The number of pyridine rings is 1. The van der Waals surface area contributed by atoms with Gasteiger partial charge in [0.05, 0.1) is 0 Å². The summed E-state index contributed by atoms with van der Waals surface area (Å²) in [5.41, 5.74) is -0.988. The van der Waals surface area contributed by atoms with Crippen molar-refractivity contribution in [2.45, 2.75) is 18.4 Å². The summed E-state index contributed by atoms with van der Waals surface area (Å²) in [5, 5.41) is 12.1. The number of rotatable bonds is 3. The molecule has 0 aliphatic carbocycles. The Bertz CT molecular complexity index is 500. The quantitative estimate of drug-likeness (QED) is 0.812. The molecule has 19 heavy (non-hydrogen) atoms.